The molecule has 1 aromatic carbocycles. The van der Waals surface area contributed by atoms with E-state index in [2.05, 4.69) is 4.98 Å². The molecule has 2 aromatic rings. The zero-order chi connectivity index (χ0) is 17.0. The molecule has 0 aliphatic rings. The third kappa shape index (κ3) is 4.33. The summed E-state index contributed by atoms with van der Waals surface area (Å²) in [6.07, 6.45) is 1.67. The maximum atomic E-state index is 12.2. The summed E-state index contributed by atoms with van der Waals surface area (Å²) in [6.45, 7) is 5.08. The van der Waals surface area contributed by atoms with Crippen molar-refractivity contribution in [3.05, 3.63) is 35.5 Å². The molecule has 1 aromatic heterocycles. The second-order valence-electron chi connectivity index (χ2n) is 6.35. The van der Waals surface area contributed by atoms with E-state index >= 15 is 0 Å². The van der Waals surface area contributed by atoms with E-state index in [4.69, 9.17) is 22.1 Å². The van der Waals surface area contributed by atoms with Gasteiger partial charge in [-0.05, 0) is 36.2 Å². The van der Waals surface area contributed by atoms with E-state index in [1.165, 1.54) is 0 Å². The fourth-order valence-electron chi connectivity index (χ4n) is 2.27. The van der Waals surface area contributed by atoms with Crippen LogP contribution in [0.25, 0.3) is 10.9 Å². The molecular formula is C17H22ClN3O2. The van der Waals surface area contributed by atoms with Crippen molar-refractivity contribution < 1.29 is 9.53 Å². The molecule has 0 atom stereocenters. The molecular weight excluding hydrogens is 314 g/mol. The largest absolute Gasteiger partial charge is 0.481 e. The third-order valence-corrected chi connectivity index (χ3v) is 4.00. The van der Waals surface area contributed by atoms with Gasteiger partial charge in [0.25, 0.3) is 5.91 Å². The minimum Gasteiger partial charge on any atom is -0.481 e. The predicted molar refractivity (Wildman–Crippen MR) is 92.7 cm³/mol. The normalized spacial score (nSPS) is 11.5. The Morgan fingerprint density at radius 1 is 1.39 bits per heavy atom. The van der Waals surface area contributed by atoms with Crippen molar-refractivity contribution in [2.24, 2.45) is 11.1 Å². The average Bonchev–Trinajstić information content (AvgIpc) is 2.54. The number of nitrogens with two attached hydrogens (primary N) is 1. The molecule has 0 radical (unpaired) electrons. The lowest BCUT2D eigenvalue weighted by Crippen LogP contribution is -2.41. The van der Waals surface area contributed by atoms with Crippen LogP contribution in [0.15, 0.2) is 30.5 Å². The summed E-state index contributed by atoms with van der Waals surface area (Å²) in [5, 5.41) is 1.41. The first-order valence-electron chi connectivity index (χ1n) is 7.44. The summed E-state index contributed by atoms with van der Waals surface area (Å²) < 4.78 is 5.66. The van der Waals surface area contributed by atoms with Gasteiger partial charge in [-0.25, -0.2) is 0 Å². The number of hydrogen-bond acceptors (Lipinski definition) is 4. The van der Waals surface area contributed by atoms with Crippen molar-refractivity contribution in [1.82, 2.24) is 9.88 Å². The van der Waals surface area contributed by atoms with Crippen LogP contribution in [-0.2, 0) is 4.79 Å². The number of hydrogen-bond donors (Lipinski definition) is 1. The molecule has 0 unspecified atom stereocenters. The van der Waals surface area contributed by atoms with Crippen molar-refractivity contribution in [1.29, 1.82) is 0 Å². The van der Waals surface area contributed by atoms with E-state index in [0.29, 0.717) is 29.4 Å². The van der Waals surface area contributed by atoms with E-state index in [1.54, 1.807) is 30.3 Å². The van der Waals surface area contributed by atoms with Gasteiger partial charge in [0.15, 0.2) is 6.61 Å². The Labute approximate surface area is 141 Å². The number of carbonyl (C=O) groups is 1. The molecule has 0 spiro atoms. The van der Waals surface area contributed by atoms with Crippen molar-refractivity contribution >= 4 is 28.4 Å². The Morgan fingerprint density at radius 2 is 2.13 bits per heavy atom. The molecule has 5 nitrogen and oxygen atoms in total. The molecule has 1 heterocycles. The summed E-state index contributed by atoms with van der Waals surface area (Å²) >= 11 is 6.15. The Hall–Kier alpha value is -1.85. The number of fused-ring (bicyclic) bond motifs is 1. The first kappa shape index (κ1) is 17.5. The molecule has 0 aliphatic carbocycles. The van der Waals surface area contributed by atoms with Gasteiger partial charge in [0, 0.05) is 25.2 Å². The summed E-state index contributed by atoms with van der Waals surface area (Å²) in [5.74, 6) is 0.440. The number of aromatic nitrogens is 1. The number of ether oxygens (including phenoxy) is 1. The number of halogens is 1. The Kier molecular flexibility index (Phi) is 5.44. The van der Waals surface area contributed by atoms with Crippen LogP contribution in [0.4, 0.5) is 0 Å². The van der Waals surface area contributed by atoms with Gasteiger partial charge in [0.2, 0.25) is 0 Å². The van der Waals surface area contributed by atoms with E-state index in [9.17, 15) is 4.79 Å². The van der Waals surface area contributed by atoms with E-state index in [-0.39, 0.29) is 17.9 Å². The van der Waals surface area contributed by atoms with Gasteiger partial charge in [-0.15, -0.1) is 0 Å². The van der Waals surface area contributed by atoms with E-state index in [1.807, 2.05) is 26.0 Å². The van der Waals surface area contributed by atoms with Crippen LogP contribution in [0.5, 0.6) is 5.75 Å². The minimum atomic E-state index is -0.126. The highest BCUT2D eigenvalue weighted by molar-refractivity contribution is 6.35. The lowest BCUT2D eigenvalue weighted by atomic mass is 9.93. The second-order valence-corrected chi connectivity index (χ2v) is 6.76. The third-order valence-electron chi connectivity index (χ3n) is 3.67. The Morgan fingerprint density at radius 3 is 2.83 bits per heavy atom. The molecule has 124 valence electrons. The molecule has 0 aliphatic heterocycles. The first-order valence-corrected chi connectivity index (χ1v) is 7.82. The molecule has 0 bridgehead atoms. The fraction of sp³-hybridized carbons (Fsp3) is 0.412. The Balaban J connectivity index is 2.07. The molecule has 0 saturated carbocycles. The standard InChI is InChI=1S/C17H22ClN3O2/c1-17(2,10-19)11-21(3)15(22)9-23-14-7-6-13(18)12-5-4-8-20-16(12)14/h4-8H,9-11,19H2,1-3H3. The number of pyridine rings is 1. The summed E-state index contributed by atoms with van der Waals surface area (Å²) in [5.41, 5.74) is 6.23. The lowest BCUT2D eigenvalue weighted by Gasteiger charge is -2.29. The van der Waals surface area contributed by atoms with E-state index < -0.39 is 0 Å². The summed E-state index contributed by atoms with van der Waals surface area (Å²) in [7, 11) is 1.75. The molecule has 1 amide bonds. The topological polar surface area (TPSA) is 68.5 Å². The van der Waals surface area contributed by atoms with E-state index in [0.717, 1.165) is 5.39 Å². The number of amides is 1. The highest BCUT2D eigenvalue weighted by atomic mass is 35.5. The number of nitrogens with zero attached hydrogens (tertiary/aromatic N) is 2. The van der Waals surface area contributed by atoms with Crippen LogP contribution in [0, 0.1) is 5.41 Å². The molecule has 2 rings (SSSR count). The summed E-state index contributed by atoms with van der Waals surface area (Å²) in [6, 6.07) is 7.16. The molecule has 0 saturated heterocycles. The van der Waals surface area contributed by atoms with Gasteiger partial charge in [-0.3, -0.25) is 9.78 Å². The molecule has 2 N–H and O–H groups in total. The van der Waals surface area contributed by atoms with Crippen molar-refractivity contribution in [2.45, 2.75) is 13.8 Å². The Bertz CT molecular complexity index is 703. The molecule has 6 heteroatoms. The lowest BCUT2D eigenvalue weighted by molar-refractivity contribution is -0.133. The second kappa shape index (κ2) is 7.15. The van der Waals surface area contributed by atoms with Crippen LogP contribution >= 0.6 is 11.6 Å². The monoisotopic (exact) mass is 335 g/mol. The predicted octanol–water partition coefficient (Wildman–Crippen LogP) is 2.71. The average molecular weight is 336 g/mol. The van der Waals surface area contributed by atoms with Crippen LogP contribution in [0.1, 0.15) is 13.8 Å². The van der Waals surface area contributed by atoms with Crippen LogP contribution in [-0.4, -0.2) is 42.5 Å². The highest BCUT2D eigenvalue weighted by Gasteiger charge is 2.21. The van der Waals surface area contributed by atoms with Gasteiger partial charge in [0.1, 0.15) is 11.3 Å². The number of benzene rings is 1. The smallest absolute Gasteiger partial charge is 0.260 e. The maximum Gasteiger partial charge on any atom is 0.260 e. The summed E-state index contributed by atoms with van der Waals surface area (Å²) in [4.78, 5) is 18.2. The quantitative estimate of drug-likeness (QED) is 0.881. The number of carbonyl (C=O) groups excluding carboxylic acids is 1. The zero-order valence-electron chi connectivity index (χ0n) is 13.7. The molecule has 0 fully saturated rings. The van der Waals surface area contributed by atoms with Crippen molar-refractivity contribution in [3.8, 4) is 5.75 Å². The fourth-order valence-corrected chi connectivity index (χ4v) is 2.49. The molecule has 23 heavy (non-hydrogen) atoms. The van der Waals surface area contributed by atoms with Gasteiger partial charge in [-0.1, -0.05) is 25.4 Å². The van der Waals surface area contributed by atoms with Crippen LogP contribution in [0.2, 0.25) is 5.02 Å². The highest BCUT2D eigenvalue weighted by Crippen LogP contribution is 2.29. The zero-order valence-corrected chi connectivity index (χ0v) is 14.4. The minimum absolute atomic E-state index is 0.0511. The van der Waals surface area contributed by atoms with Crippen LogP contribution in [0.3, 0.4) is 0 Å². The maximum absolute atomic E-state index is 12.2. The van der Waals surface area contributed by atoms with Crippen LogP contribution < -0.4 is 10.5 Å². The van der Waals surface area contributed by atoms with Gasteiger partial charge < -0.3 is 15.4 Å². The van der Waals surface area contributed by atoms with Crippen molar-refractivity contribution in [3.63, 3.8) is 0 Å². The first-order chi connectivity index (χ1) is 10.8. The number of rotatable bonds is 6. The SMILES string of the molecule is CN(CC(C)(C)CN)C(=O)COc1ccc(Cl)c2cccnc12. The van der Waals surface area contributed by atoms with Gasteiger partial charge >= 0.3 is 0 Å². The van der Waals surface area contributed by atoms with Gasteiger partial charge in [0.05, 0.1) is 5.02 Å². The van der Waals surface area contributed by atoms with Gasteiger partial charge in [-0.2, -0.15) is 0 Å². The number of likely N-dealkylation sites (N-methyl/N-ethyl adjacent to an activating group) is 1. The van der Waals surface area contributed by atoms with Crippen molar-refractivity contribution in [2.75, 3.05) is 26.7 Å².